The fourth-order valence-corrected chi connectivity index (χ4v) is 2.77. The number of non-ortho nitro benzene ring substituents is 1. The summed E-state index contributed by atoms with van der Waals surface area (Å²) < 4.78 is 0.0847. The van der Waals surface area contributed by atoms with Gasteiger partial charge in [-0.1, -0.05) is 0 Å². The summed E-state index contributed by atoms with van der Waals surface area (Å²) in [5, 5.41) is 36.6. The van der Waals surface area contributed by atoms with Gasteiger partial charge in [-0.3, -0.25) is 15.2 Å². The van der Waals surface area contributed by atoms with Gasteiger partial charge in [0.1, 0.15) is 16.5 Å². The third kappa shape index (κ3) is 4.07. The molecule has 0 saturated carbocycles. The molecule has 0 aliphatic carbocycles. The zero-order valence-corrected chi connectivity index (χ0v) is 13.9. The van der Waals surface area contributed by atoms with Crippen molar-refractivity contribution in [1.29, 1.82) is 0 Å². The molecule has 11 heteroatoms. The summed E-state index contributed by atoms with van der Waals surface area (Å²) in [5.74, 6) is -1.07. The molecule has 0 unspecified atom stereocenters. The van der Waals surface area contributed by atoms with Gasteiger partial charge in [0.2, 0.25) is 5.16 Å². The van der Waals surface area contributed by atoms with E-state index in [4.69, 9.17) is 0 Å². The second-order valence-electron chi connectivity index (χ2n) is 4.24. The van der Waals surface area contributed by atoms with Crippen LogP contribution in [0.3, 0.4) is 0 Å². The second-order valence-corrected chi connectivity index (χ2v) is 6.11. The van der Waals surface area contributed by atoms with Gasteiger partial charge in [-0.25, -0.2) is 9.78 Å². The molecule has 0 spiro atoms. The Bertz CT molecular complexity index is 820. The first-order chi connectivity index (χ1) is 10.8. The number of phenolic OH excluding ortho intramolecular Hbond substituents is 1. The lowest BCUT2D eigenvalue weighted by Crippen LogP contribution is -1.98. The van der Waals surface area contributed by atoms with E-state index in [0.717, 1.165) is 30.0 Å². The van der Waals surface area contributed by atoms with E-state index in [1.165, 1.54) is 0 Å². The Morgan fingerprint density at radius 2 is 2.22 bits per heavy atom. The predicted molar refractivity (Wildman–Crippen MR) is 85.1 cm³/mol. The van der Waals surface area contributed by atoms with Gasteiger partial charge in [0.05, 0.1) is 9.40 Å². The number of H-pyrrole nitrogens is 1. The van der Waals surface area contributed by atoms with Crippen LogP contribution >= 0.6 is 27.7 Å². The number of carboxylic acids is 1. The number of aliphatic carboxylic acids is 1. The minimum Gasteiger partial charge on any atom is -0.506 e. The van der Waals surface area contributed by atoms with Crippen LogP contribution in [0.4, 0.5) is 5.69 Å². The van der Waals surface area contributed by atoms with Gasteiger partial charge in [-0.2, -0.15) is 0 Å². The SMILES string of the molecule is Cc1nc(S/C(=C\c2cc([N+](=O)[O-])cc(Br)c2O)C(=O)O)n[nH]1. The third-order valence-electron chi connectivity index (χ3n) is 2.56. The van der Waals surface area contributed by atoms with Gasteiger partial charge < -0.3 is 10.2 Å². The lowest BCUT2D eigenvalue weighted by molar-refractivity contribution is -0.385. The number of halogens is 1. The van der Waals surface area contributed by atoms with Crippen LogP contribution in [0.5, 0.6) is 5.75 Å². The van der Waals surface area contributed by atoms with E-state index in [-0.39, 0.29) is 31.5 Å². The molecule has 120 valence electrons. The maximum absolute atomic E-state index is 11.3. The van der Waals surface area contributed by atoms with Gasteiger partial charge in [-0.05, 0) is 40.7 Å². The molecular weight excluding hydrogens is 392 g/mol. The Labute approximate surface area is 141 Å². The Morgan fingerprint density at radius 3 is 2.74 bits per heavy atom. The average Bonchev–Trinajstić information content (AvgIpc) is 2.87. The lowest BCUT2D eigenvalue weighted by atomic mass is 10.1. The zero-order chi connectivity index (χ0) is 17.1. The Morgan fingerprint density at radius 1 is 1.52 bits per heavy atom. The van der Waals surface area contributed by atoms with Crippen molar-refractivity contribution in [2.45, 2.75) is 12.1 Å². The van der Waals surface area contributed by atoms with Crippen molar-refractivity contribution < 1.29 is 19.9 Å². The van der Waals surface area contributed by atoms with Crippen molar-refractivity contribution >= 4 is 45.4 Å². The molecule has 23 heavy (non-hydrogen) atoms. The molecule has 0 amide bonds. The number of aromatic nitrogens is 3. The van der Waals surface area contributed by atoms with Crippen molar-refractivity contribution in [2.75, 3.05) is 0 Å². The number of nitro groups is 1. The highest BCUT2D eigenvalue weighted by Gasteiger charge is 2.18. The van der Waals surface area contributed by atoms with Crippen LogP contribution in [-0.4, -0.2) is 36.3 Å². The molecule has 0 saturated heterocycles. The van der Waals surface area contributed by atoms with Gasteiger partial charge >= 0.3 is 5.97 Å². The number of aromatic hydroxyl groups is 1. The number of carbonyl (C=O) groups is 1. The minimum atomic E-state index is -1.28. The maximum atomic E-state index is 11.3. The summed E-state index contributed by atoms with van der Waals surface area (Å²) in [6, 6.07) is 2.20. The summed E-state index contributed by atoms with van der Waals surface area (Å²) in [6.45, 7) is 1.66. The fraction of sp³-hybridized carbons (Fsp3) is 0.0833. The van der Waals surface area contributed by atoms with E-state index in [9.17, 15) is 25.1 Å². The smallest absolute Gasteiger partial charge is 0.342 e. The summed E-state index contributed by atoms with van der Waals surface area (Å²) in [5.41, 5.74) is -0.298. The first-order valence-corrected chi connectivity index (χ1v) is 7.57. The molecule has 0 aliphatic rings. The van der Waals surface area contributed by atoms with Crippen LogP contribution in [0.15, 0.2) is 26.7 Å². The Hall–Kier alpha value is -2.40. The lowest BCUT2D eigenvalue weighted by Gasteiger charge is -2.04. The first-order valence-electron chi connectivity index (χ1n) is 5.96. The maximum Gasteiger partial charge on any atom is 0.342 e. The highest BCUT2D eigenvalue weighted by atomic mass is 79.9. The van der Waals surface area contributed by atoms with E-state index in [1.807, 2.05) is 0 Å². The number of hydrogen-bond acceptors (Lipinski definition) is 7. The van der Waals surface area contributed by atoms with E-state index >= 15 is 0 Å². The van der Waals surface area contributed by atoms with E-state index in [0.29, 0.717) is 5.82 Å². The molecule has 0 fully saturated rings. The van der Waals surface area contributed by atoms with Gasteiger partial charge in [0.15, 0.2) is 0 Å². The van der Waals surface area contributed by atoms with Crippen molar-refractivity contribution in [3.8, 4) is 5.75 Å². The topological polar surface area (TPSA) is 142 Å². The monoisotopic (exact) mass is 400 g/mol. The normalized spacial score (nSPS) is 11.5. The van der Waals surface area contributed by atoms with Crippen LogP contribution in [0, 0.1) is 17.0 Å². The number of aryl methyl sites for hydroxylation is 1. The predicted octanol–water partition coefficient (Wildman–Crippen LogP) is 2.71. The van der Waals surface area contributed by atoms with Crippen LogP contribution < -0.4 is 0 Å². The van der Waals surface area contributed by atoms with Crippen LogP contribution in [0.2, 0.25) is 0 Å². The Balaban J connectivity index is 2.46. The fourth-order valence-electron chi connectivity index (χ4n) is 1.56. The van der Waals surface area contributed by atoms with Crippen molar-refractivity contribution in [3.05, 3.63) is 43.0 Å². The van der Waals surface area contributed by atoms with E-state index in [1.54, 1.807) is 6.92 Å². The number of nitrogens with zero attached hydrogens (tertiary/aromatic N) is 3. The number of benzene rings is 1. The van der Waals surface area contributed by atoms with Crippen LogP contribution in [0.25, 0.3) is 6.08 Å². The summed E-state index contributed by atoms with van der Waals surface area (Å²) in [4.78, 5) is 25.3. The minimum absolute atomic E-state index is 0.0109. The molecule has 3 N–H and O–H groups in total. The molecule has 0 bridgehead atoms. The standard InChI is InChI=1S/C12H9BrN4O5S/c1-5-14-12(16-15-5)23-9(11(19)20)3-6-2-7(17(21)22)4-8(13)10(6)18/h2-4,18H,1H3,(H,19,20)(H,14,15,16)/b9-3-. The van der Waals surface area contributed by atoms with Crippen molar-refractivity contribution in [1.82, 2.24) is 15.2 Å². The molecule has 0 atom stereocenters. The molecule has 9 nitrogen and oxygen atoms in total. The van der Waals surface area contributed by atoms with E-state index < -0.39 is 10.9 Å². The highest BCUT2D eigenvalue weighted by Crippen LogP contribution is 2.35. The third-order valence-corrected chi connectivity index (χ3v) is 4.05. The number of hydrogen-bond donors (Lipinski definition) is 3. The molecule has 1 aromatic heterocycles. The first kappa shape index (κ1) is 17.0. The molecule has 2 rings (SSSR count). The van der Waals surface area contributed by atoms with Crippen LogP contribution in [-0.2, 0) is 4.79 Å². The average molecular weight is 401 g/mol. The number of rotatable bonds is 5. The number of aromatic amines is 1. The molecule has 0 aliphatic heterocycles. The molecule has 0 radical (unpaired) electrons. The number of phenols is 1. The number of carboxylic acid groups (broad SMARTS) is 1. The van der Waals surface area contributed by atoms with Crippen molar-refractivity contribution in [2.24, 2.45) is 0 Å². The van der Waals surface area contributed by atoms with Gasteiger partial charge in [-0.15, -0.1) is 5.10 Å². The number of thioether (sulfide) groups is 1. The molecular formula is C12H9BrN4O5S. The van der Waals surface area contributed by atoms with Gasteiger partial charge in [0, 0.05) is 17.7 Å². The number of nitrogens with one attached hydrogen (secondary N) is 1. The van der Waals surface area contributed by atoms with E-state index in [2.05, 4.69) is 31.1 Å². The Kier molecular flexibility index (Phi) is 5.01. The zero-order valence-electron chi connectivity index (χ0n) is 11.5. The molecule has 1 aromatic carbocycles. The van der Waals surface area contributed by atoms with Crippen LogP contribution in [0.1, 0.15) is 11.4 Å². The number of nitro benzene ring substituents is 1. The molecule has 1 heterocycles. The largest absolute Gasteiger partial charge is 0.506 e. The highest BCUT2D eigenvalue weighted by molar-refractivity contribution is 9.10. The summed E-state index contributed by atoms with van der Waals surface area (Å²) in [6.07, 6.45) is 1.12. The summed E-state index contributed by atoms with van der Waals surface area (Å²) in [7, 11) is 0. The summed E-state index contributed by atoms with van der Waals surface area (Å²) >= 11 is 3.75. The second kappa shape index (κ2) is 6.79. The van der Waals surface area contributed by atoms with Gasteiger partial charge in [0.25, 0.3) is 5.69 Å². The molecule has 2 aromatic rings. The van der Waals surface area contributed by atoms with Crippen molar-refractivity contribution in [3.63, 3.8) is 0 Å². The quantitative estimate of drug-likeness (QED) is 0.300.